The summed E-state index contributed by atoms with van der Waals surface area (Å²) in [5.41, 5.74) is 3.25. The molecule has 1 atom stereocenters. The summed E-state index contributed by atoms with van der Waals surface area (Å²) in [7, 11) is 2.02. The number of morpholine rings is 1. The highest BCUT2D eigenvalue weighted by Crippen LogP contribution is 2.15. The number of hydrogen-bond donors (Lipinski definition) is 1. The van der Waals surface area contributed by atoms with Crippen molar-refractivity contribution in [1.82, 2.24) is 15.3 Å². The van der Waals surface area contributed by atoms with E-state index in [1.165, 1.54) is 19.4 Å². The van der Waals surface area contributed by atoms with E-state index in [4.69, 9.17) is 4.74 Å². The first-order chi connectivity index (χ1) is 6.90. The summed E-state index contributed by atoms with van der Waals surface area (Å²) in [6, 6.07) is 0.736. The van der Waals surface area contributed by atoms with Gasteiger partial charge in [-0.15, -0.1) is 0 Å². The van der Waals surface area contributed by atoms with Crippen LogP contribution in [0, 0.1) is 0 Å². The van der Waals surface area contributed by atoms with E-state index >= 15 is 0 Å². The lowest BCUT2D eigenvalue weighted by Crippen LogP contribution is -2.54. The molecule has 1 N–H and O–H groups in total. The molecule has 0 aromatic rings. The molecule has 82 valence electrons. The first kappa shape index (κ1) is 10.4. The molecular formula is C10H21N3O. The topological polar surface area (TPSA) is 27.7 Å². The average Bonchev–Trinajstić information content (AvgIpc) is 2.30. The normalized spacial score (nSPS) is 31.9. The second kappa shape index (κ2) is 5.07. The van der Waals surface area contributed by atoms with Gasteiger partial charge in [-0.3, -0.25) is 10.3 Å². The standard InChI is InChI=1S/C10H21N3O/c1-11-13-4-2-3-10(9-13)12-5-7-14-8-6-12/h10-11H,2-9H2,1H3. The van der Waals surface area contributed by atoms with Crippen LogP contribution in [0.5, 0.6) is 0 Å². The lowest BCUT2D eigenvalue weighted by molar-refractivity contribution is -0.00864. The maximum Gasteiger partial charge on any atom is 0.0594 e. The molecule has 0 radical (unpaired) electrons. The van der Waals surface area contributed by atoms with Crippen LogP contribution < -0.4 is 5.43 Å². The third kappa shape index (κ3) is 2.45. The summed E-state index contributed by atoms with van der Waals surface area (Å²) in [5, 5.41) is 2.32. The van der Waals surface area contributed by atoms with Crippen molar-refractivity contribution in [2.45, 2.75) is 18.9 Å². The summed E-state index contributed by atoms with van der Waals surface area (Å²) in [6.07, 6.45) is 2.65. The van der Waals surface area contributed by atoms with E-state index in [9.17, 15) is 0 Å². The van der Waals surface area contributed by atoms with E-state index in [-0.39, 0.29) is 0 Å². The monoisotopic (exact) mass is 199 g/mol. The molecular weight excluding hydrogens is 178 g/mol. The number of rotatable bonds is 2. The van der Waals surface area contributed by atoms with Crippen LogP contribution in [0.3, 0.4) is 0 Å². The molecule has 2 saturated heterocycles. The van der Waals surface area contributed by atoms with E-state index in [1.807, 2.05) is 7.05 Å². The minimum atomic E-state index is 0.736. The SMILES string of the molecule is CNN1CCCC(N2CCOCC2)C1. The van der Waals surface area contributed by atoms with Crippen molar-refractivity contribution in [2.24, 2.45) is 0 Å². The summed E-state index contributed by atoms with van der Waals surface area (Å²) in [6.45, 7) is 6.41. The van der Waals surface area contributed by atoms with E-state index in [2.05, 4.69) is 15.3 Å². The van der Waals surface area contributed by atoms with Crippen molar-refractivity contribution < 1.29 is 4.74 Å². The van der Waals surface area contributed by atoms with Gasteiger partial charge in [0.15, 0.2) is 0 Å². The highest BCUT2D eigenvalue weighted by atomic mass is 16.5. The first-order valence-corrected chi connectivity index (χ1v) is 5.64. The smallest absolute Gasteiger partial charge is 0.0594 e. The third-order valence-electron chi connectivity index (χ3n) is 3.27. The summed E-state index contributed by atoms with van der Waals surface area (Å²) in [4.78, 5) is 2.58. The lowest BCUT2D eigenvalue weighted by atomic mass is 10.1. The molecule has 0 amide bonds. The Morgan fingerprint density at radius 1 is 1.21 bits per heavy atom. The van der Waals surface area contributed by atoms with Gasteiger partial charge in [0.05, 0.1) is 13.2 Å². The number of hydrogen-bond acceptors (Lipinski definition) is 4. The molecule has 1 unspecified atom stereocenters. The zero-order valence-electron chi connectivity index (χ0n) is 9.04. The van der Waals surface area contributed by atoms with Gasteiger partial charge in [-0.05, 0) is 19.9 Å². The van der Waals surface area contributed by atoms with Crippen molar-refractivity contribution in [3.05, 3.63) is 0 Å². The number of hydrazine groups is 1. The molecule has 2 rings (SSSR count). The van der Waals surface area contributed by atoms with Crippen molar-refractivity contribution in [1.29, 1.82) is 0 Å². The molecule has 0 bridgehead atoms. The van der Waals surface area contributed by atoms with Crippen LogP contribution in [-0.2, 0) is 4.74 Å². The van der Waals surface area contributed by atoms with Crippen LogP contribution in [-0.4, -0.2) is 62.4 Å². The van der Waals surface area contributed by atoms with Crippen LogP contribution in [0.2, 0.25) is 0 Å². The van der Waals surface area contributed by atoms with Crippen molar-refractivity contribution in [3.63, 3.8) is 0 Å². The Labute approximate surface area is 86.2 Å². The zero-order chi connectivity index (χ0) is 9.80. The van der Waals surface area contributed by atoms with Gasteiger partial charge in [0, 0.05) is 32.2 Å². The number of piperidine rings is 1. The van der Waals surface area contributed by atoms with E-state index in [1.54, 1.807) is 0 Å². The number of nitrogens with zero attached hydrogens (tertiary/aromatic N) is 2. The van der Waals surface area contributed by atoms with Crippen molar-refractivity contribution >= 4 is 0 Å². The Morgan fingerprint density at radius 3 is 2.71 bits per heavy atom. The molecule has 2 heterocycles. The fourth-order valence-electron chi connectivity index (χ4n) is 2.40. The van der Waals surface area contributed by atoms with E-state index in [0.717, 1.165) is 38.9 Å². The van der Waals surface area contributed by atoms with Crippen molar-refractivity contribution in [2.75, 3.05) is 46.4 Å². The molecule has 14 heavy (non-hydrogen) atoms. The van der Waals surface area contributed by atoms with Gasteiger partial charge < -0.3 is 4.74 Å². The first-order valence-electron chi connectivity index (χ1n) is 5.64. The molecule has 0 spiro atoms. The van der Waals surface area contributed by atoms with Crippen LogP contribution >= 0.6 is 0 Å². The van der Waals surface area contributed by atoms with Gasteiger partial charge >= 0.3 is 0 Å². The van der Waals surface area contributed by atoms with Gasteiger partial charge in [-0.2, -0.15) is 0 Å². The van der Waals surface area contributed by atoms with Gasteiger partial charge in [-0.1, -0.05) is 0 Å². The molecule has 0 aliphatic carbocycles. The molecule has 4 heteroatoms. The second-order valence-electron chi connectivity index (χ2n) is 4.11. The zero-order valence-corrected chi connectivity index (χ0v) is 9.04. The second-order valence-corrected chi connectivity index (χ2v) is 4.11. The molecule has 0 aromatic heterocycles. The Kier molecular flexibility index (Phi) is 3.75. The molecule has 0 saturated carbocycles. The maximum absolute atomic E-state index is 5.37. The Balaban J connectivity index is 1.83. The Bertz CT molecular complexity index is 171. The highest BCUT2D eigenvalue weighted by Gasteiger charge is 2.25. The summed E-state index contributed by atoms with van der Waals surface area (Å²) in [5.74, 6) is 0. The van der Waals surface area contributed by atoms with Gasteiger partial charge in [0.2, 0.25) is 0 Å². The number of ether oxygens (including phenoxy) is 1. The van der Waals surface area contributed by atoms with Gasteiger partial charge in [0.1, 0.15) is 0 Å². The average molecular weight is 199 g/mol. The van der Waals surface area contributed by atoms with Gasteiger partial charge in [0.25, 0.3) is 0 Å². The summed E-state index contributed by atoms with van der Waals surface area (Å²) < 4.78 is 5.37. The minimum absolute atomic E-state index is 0.736. The fraction of sp³-hybridized carbons (Fsp3) is 1.00. The Morgan fingerprint density at radius 2 is 2.00 bits per heavy atom. The minimum Gasteiger partial charge on any atom is -0.379 e. The quantitative estimate of drug-likeness (QED) is 0.673. The number of nitrogens with one attached hydrogen (secondary N) is 1. The predicted molar refractivity (Wildman–Crippen MR) is 56.0 cm³/mol. The lowest BCUT2D eigenvalue weighted by Gasteiger charge is -2.40. The molecule has 2 aliphatic heterocycles. The van der Waals surface area contributed by atoms with E-state index < -0.39 is 0 Å². The molecule has 2 aliphatic rings. The van der Waals surface area contributed by atoms with Crippen LogP contribution in [0.25, 0.3) is 0 Å². The largest absolute Gasteiger partial charge is 0.379 e. The summed E-state index contributed by atoms with van der Waals surface area (Å²) >= 11 is 0. The fourth-order valence-corrected chi connectivity index (χ4v) is 2.40. The van der Waals surface area contributed by atoms with Crippen LogP contribution in [0.4, 0.5) is 0 Å². The molecule has 2 fully saturated rings. The third-order valence-corrected chi connectivity index (χ3v) is 3.27. The predicted octanol–water partition coefficient (Wildman–Crippen LogP) is -0.0826. The maximum atomic E-state index is 5.37. The van der Waals surface area contributed by atoms with Gasteiger partial charge in [-0.25, -0.2) is 5.01 Å². The molecule has 0 aromatic carbocycles. The molecule has 4 nitrogen and oxygen atoms in total. The van der Waals surface area contributed by atoms with Crippen molar-refractivity contribution in [3.8, 4) is 0 Å². The van der Waals surface area contributed by atoms with E-state index in [0.29, 0.717) is 0 Å². The Hall–Kier alpha value is -0.160. The highest BCUT2D eigenvalue weighted by molar-refractivity contribution is 4.80. The van der Waals surface area contributed by atoms with Crippen LogP contribution in [0.1, 0.15) is 12.8 Å². The van der Waals surface area contributed by atoms with Crippen LogP contribution in [0.15, 0.2) is 0 Å².